The van der Waals surface area contributed by atoms with Gasteiger partial charge in [-0.2, -0.15) is 0 Å². The van der Waals surface area contributed by atoms with E-state index in [0.29, 0.717) is 11.8 Å². The number of nitrogens with zero attached hydrogens (tertiary/aromatic N) is 1. The average Bonchev–Trinajstić information content (AvgIpc) is 2.29. The lowest BCUT2D eigenvalue weighted by Gasteiger charge is -2.26. The fourth-order valence-corrected chi connectivity index (χ4v) is 2.54. The summed E-state index contributed by atoms with van der Waals surface area (Å²) in [7, 11) is 5.99. The second-order valence-corrected chi connectivity index (χ2v) is 5.03. The first-order chi connectivity index (χ1) is 8.08. The summed E-state index contributed by atoms with van der Waals surface area (Å²) in [6, 6.07) is 8.47. The van der Waals surface area contributed by atoms with Gasteiger partial charge in [-0.25, -0.2) is 0 Å². The van der Waals surface area contributed by atoms with E-state index in [0.717, 1.165) is 12.3 Å². The molecule has 0 bridgehead atoms. The summed E-state index contributed by atoms with van der Waals surface area (Å²) in [5.41, 5.74) is 1.39. The third-order valence-electron chi connectivity index (χ3n) is 3.30. The molecular weight excluding hydrogens is 210 g/mol. The average molecular weight is 235 g/mol. The van der Waals surface area contributed by atoms with Gasteiger partial charge >= 0.3 is 0 Å². The van der Waals surface area contributed by atoms with Gasteiger partial charge in [-0.3, -0.25) is 0 Å². The van der Waals surface area contributed by atoms with Crippen molar-refractivity contribution in [3.8, 4) is 5.75 Å². The lowest BCUT2D eigenvalue weighted by Crippen LogP contribution is -2.24. The van der Waals surface area contributed by atoms with E-state index in [-0.39, 0.29) is 0 Å². The van der Waals surface area contributed by atoms with E-state index in [4.69, 9.17) is 4.74 Å². The molecule has 0 aliphatic rings. The second kappa shape index (κ2) is 6.65. The Morgan fingerprint density at radius 3 is 2.53 bits per heavy atom. The number of rotatable bonds is 6. The maximum Gasteiger partial charge on any atom is 0.119 e. The Hall–Kier alpha value is -1.02. The van der Waals surface area contributed by atoms with Crippen molar-refractivity contribution in [2.45, 2.75) is 26.2 Å². The maximum absolute atomic E-state index is 5.30. The minimum atomic E-state index is 0.604. The third kappa shape index (κ3) is 4.04. The van der Waals surface area contributed by atoms with Crippen LogP contribution in [0.5, 0.6) is 5.75 Å². The Kier molecular flexibility index (Phi) is 5.49. The molecule has 0 radical (unpaired) electrons. The lowest BCUT2D eigenvalue weighted by atomic mass is 9.85. The van der Waals surface area contributed by atoms with E-state index in [1.54, 1.807) is 7.11 Å². The summed E-state index contributed by atoms with van der Waals surface area (Å²) in [6.45, 7) is 5.71. The molecule has 0 fully saturated rings. The fraction of sp³-hybridized carbons (Fsp3) is 0.600. The van der Waals surface area contributed by atoms with Crippen molar-refractivity contribution in [1.29, 1.82) is 0 Å². The Labute approximate surface area is 106 Å². The summed E-state index contributed by atoms with van der Waals surface area (Å²) in [5.74, 6) is 2.22. The molecular formula is C15H25NO. The topological polar surface area (TPSA) is 12.5 Å². The molecule has 1 aromatic rings. The van der Waals surface area contributed by atoms with E-state index in [2.05, 4.69) is 51.0 Å². The number of hydrogen-bond donors (Lipinski definition) is 0. The van der Waals surface area contributed by atoms with Crippen LogP contribution in [0.2, 0.25) is 0 Å². The quantitative estimate of drug-likeness (QED) is 0.749. The molecule has 0 spiro atoms. The standard InChI is InChI=1S/C15H25NO/c1-6-15(12(2)11-16(3)4)13-8-7-9-14(10-13)17-5/h7-10,12,15H,6,11H2,1-5H3/t12?,15-/m0/s1. The van der Waals surface area contributed by atoms with Gasteiger partial charge in [-0.15, -0.1) is 0 Å². The molecule has 2 nitrogen and oxygen atoms in total. The van der Waals surface area contributed by atoms with Gasteiger partial charge < -0.3 is 9.64 Å². The predicted octanol–water partition coefficient (Wildman–Crippen LogP) is 3.39. The minimum Gasteiger partial charge on any atom is -0.497 e. The molecule has 0 amide bonds. The summed E-state index contributed by atoms with van der Waals surface area (Å²) >= 11 is 0. The Balaban J connectivity index is 2.84. The molecule has 0 saturated carbocycles. The number of methoxy groups -OCH3 is 1. The smallest absolute Gasteiger partial charge is 0.119 e. The van der Waals surface area contributed by atoms with E-state index in [1.165, 1.54) is 12.0 Å². The van der Waals surface area contributed by atoms with Crippen molar-refractivity contribution >= 4 is 0 Å². The molecule has 1 unspecified atom stereocenters. The lowest BCUT2D eigenvalue weighted by molar-refractivity contribution is 0.301. The van der Waals surface area contributed by atoms with Crippen LogP contribution in [0.4, 0.5) is 0 Å². The zero-order valence-electron chi connectivity index (χ0n) is 11.7. The van der Waals surface area contributed by atoms with Crippen LogP contribution < -0.4 is 4.74 Å². The first-order valence-electron chi connectivity index (χ1n) is 6.37. The molecule has 0 aliphatic heterocycles. The number of hydrogen-bond acceptors (Lipinski definition) is 2. The number of ether oxygens (including phenoxy) is 1. The second-order valence-electron chi connectivity index (χ2n) is 5.03. The predicted molar refractivity (Wildman–Crippen MR) is 73.7 cm³/mol. The Morgan fingerprint density at radius 2 is 2.00 bits per heavy atom. The maximum atomic E-state index is 5.30. The molecule has 1 rings (SSSR count). The molecule has 0 saturated heterocycles. The molecule has 2 atom stereocenters. The minimum absolute atomic E-state index is 0.604. The van der Waals surface area contributed by atoms with Gasteiger partial charge in [0.2, 0.25) is 0 Å². The van der Waals surface area contributed by atoms with E-state index in [1.807, 2.05) is 6.07 Å². The Bertz CT molecular complexity index is 335. The highest BCUT2D eigenvalue weighted by molar-refractivity contribution is 5.31. The molecule has 17 heavy (non-hydrogen) atoms. The highest BCUT2D eigenvalue weighted by Crippen LogP contribution is 2.30. The summed E-state index contributed by atoms with van der Waals surface area (Å²) in [5, 5.41) is 0. The molecule has 96 valence electrons. The van der Waals surface area contributed by atoms with Crippen LogP contribution in [0.25, 0.3) is 0 Å². The summed E-state index contributed by atoms with van der Waals surface area (Å²) in [4.78, 5) is 2.26. The van der Waals surface area contributed by atoms with Gasteiger partial charge in [0, 0.05) is 6.54 Å². The van der Waals surface area contributed by atoms with Crippen molar-refractivity contribution in [1.82, 2.24) is 4.90 Å². The van der Waals surface area contributed by atoms with Crippen molar-refractivity contribution in [3.63, 3.8) is 0 Å². The van der Waals surface area contributed by atoms with Gasteiger partial charge in [0.1, 0.15) is 5.75 Å². The molecule has 2 heteroatoms. The van der Waals surface area contributed by atoms with Crippen molar-refractivity contribution in [2.75, 3.05) is 27.7 Å². The molecule has 1 aromatic carbocycles. The van der Waals surface area contributed by atoms with Crippen LogP contribution >= 0.6 is 0 Å². The highest BCUT2D eigenvalue weighted by atomic mass is 16.5. The SMILES string of the molecule is CC[C@H](c1cccc(OC)c1)C(C)CN(C)C. The molecule has 0 heterocycles. The summed E-state index contributed by atoms with van der Waals surface area (Å²) < 4.78 is 5.30. The van der Waals surface area contributed by atoms with E-state index < -0.39 is 0 Å². The summed E-state index contributed by atoms with van der Waals surface area (Å²) in [6.07, 6.45) is 1.17. The van der Waals surface area contributed by atoms with Crippen molar-refractivity contribution < 1.29 is 4.74 Å². The molecule has 0 aliphatic carbocycles. The monoisotopic (exact) mass is 235 g/mol. The van der Waals surface area contributed by atoms with Crippen LogP contribution in [0, 0.1) is 5.92 Å². The zero-order chi connectivity index (χ0) is 12.8. The first kappa shape index (κ1) is 14.0. The van der Waals surface area contributed by atoms with Crippen LogP contribution in [0.1, 0.15) is 31.7 Å². The van der Waals surface area contributed by atoms with Crippen LogP contribution in [0.3, 0.4) is 0 Å². The highest BCUT2D eigenvalue weighted by Gasteiger charge is 2.18. The third-order valence-corrected chi connectivity index (χ3v) is 3.30. The fourth-order valence-electron chi connectivity index (χ4n) is 2.54. The normalized spacial score (nSPS) is 14.7. The largest absolute Gasteiger partial charge is 0.497 e. The molecule has 0 N–H and O–H groups in total. The molecule has 0 aromatic heterocycles. The van der Waals surface area contributed by atoms with Crippen LogP contribution in [0.15, 0.2) is 24.3 Å². The van der Waals surface area contributed by atoms with Gasteiger partial charge in [-0.05, 0) is 50.0 Å². The van der Waals surface area contributed by atoms with Crippen molar-refractivity contribution in [2.24, 2.45) is 5.92 Å². The van der Waals surface area contributed by atoms with Gasteiger partial charge in [0.25, 0.3) is 0 Å². The first-order valence-corrected chi connectivity index (χ1v) is 6.37. The zero-order valence-corrected chi connectivity index (χ0v) is 11.7. The van der Waals surface area contributed by atoms with Crippen LogP contribution in [-0.2, 0) is 0 Å². The van der Waals surface area contributed by atoms with Crippen molar-refractivity contribution in [3.05, 3.63) is 29.8 Å². The van der Waals surface area contributed by atoms with Crippen LogP contribution in [-0.4, -0.2) is 32.6 Å². The van der Waals surface area contributed by atoms with Gasteiger partial charge in [-0.1, -0.05) is 26.0 Å². The van der Waals surface area contributed by atoms with E-state index in [9.17, 15) is 0 Å². The van der Waals surface area contributed by atoms with E-state index >= 15 is 0 Å². The Morgan fingerprint density at radius 1 is 1.29 bits per heavy atom. The van der Waals surface area contributed by atoms with Gasteiger partial charge in [0.05, 0.1) is 7.11 Å². The van der Waals surface area contributed by atoms with Gasteiger partial charge in [0.15, 0.2) is 0 Å². The number of benzene rings is 1.